The third kappa shape index (κ3) is 4.50. The molecular formula is C8H16O2. The van der Waals surface area contributed by atoms with E-state index < -0.39 is 6.10 Å². The molecule has 1 atom stereocenters. The van der Waals surface area contributed by atoms with Crippen LogP contribution in [0.25, 0.3) is 0 Å². The molecular weight excluding hydrogens is 128 g/mol. The molecule has 0 bridgehead atoms. The van der Waals surface area contributed by atoms with Crippen molar-refractivity contribution < 1.29 is 9.90 Å². The molecule has 0 rings (SSSR count). The van der Waals surface area contributed by atoms with Gasteiger partial charge in [0.1, 0.15) is 6.10 Å². The highest BCUT2D eigenvalue weighted by Crippen LogP contribution is 2.19. The van der Waals surface area contributed by atoms with Crippen molar-refractivity contribution in [3.05, 3.63) is 0 Å². The molecule has 0 saturated carbocycles. The van der Waals surface area contributed by atoms with Gasteiger partial charge < -0.3 is 5.11 Å². The maximum Gasteiger partial charge on any atom is 0.161 e. The fraction of sp³-hybridized carbons (Fsp3) is 0.875. The minimum Gasteiger partial charge on any atom is -0.386 e. The molecule has 0 spiro atoms. The molecule has 0 heterocycles. The number of ketones is 1. The Morgan fingerprint density at radius 3 is 2.00 bits per heavy atom. The normalized spacial score (nSPS) is 14.9. The van der Waals surface area contributed by atoms with E-state index in [9.17, 15) is 4.79 Å². The molecule has 0 saturated heterocycles. The number of rotatable bonds is 2. The van der Waals surface area contributed by atoms with Gasteiger partial charge in [-0.1, -0.05) is 20.8 Å². The summed E-state index contributed by atoms with van der Waals surface area (Å²) in [5, 5.41) is 8.83. The molecule has 0 aliphatic heterocycles. The summed E-state index contributed by atoms with van der Waals surface area (Å²) in [6.45, 7) is 7.45. The van der Waals surface area contributed by atoms with Crippen LogP contribution in [0.3, 0.4) is 0 Å². The smallest absolute Gasteiger partial charge is 0.161 e. The fourth-order valence-electron chi connectivity index (χ4n) is 0.670. The Hall–Kier alpha value is -0.370. The van der Waals surface area contributed by atoms with E-state index in [1.807, 2.05) is 20.8 Å². The first-order valence-electron chi connectivity index (χ1n) is 3.54. The summed E-state index contributed by atoms with van der Waals surface area (Å²) < 4.78 is 0. The van der Waals surface area contributed by atoms with Crippen LogP contribution in [0, 0.1) is 5.41 Å². The third-order valence-corrected chi connectivity index (χ3v) is 1.17. The Morgan fingerprint density at radius 2 is 1.90 bits per heavy atom. The van der Waals surface area contributed by atoms with Crippen LogP contribution in [0.5, 0.6) is 0 Å². The first-order valence-corrected chi connectivity index (χ1v) is 3.54. The van der Waals surface area contributed by atoms with Crippen molar-refractivity contribution in [1.29, 1.82) is 0 Å². The van der Waals surface area contributed by atoms with Gasteiger partial charge in [0.05, 0.1) is 0 Å². The summed E-state index contributed by atoms with van der Waals surface area (Å²) in [6, 6.07) is 0. The SMILES string of the molecule is CC(O)C(=O)CC(C)(C)C. The number of hydrogen-bond acceptors (Lipinski definition) is 2. The predicted molar refractivity (Wildman–Crippen MR) is 40.8 cm³/mol. The van der Waals surface area contributed by atoms with E-state index in [0.29, 0.717) is 6.42 Å². The van der Waals surface area contributed by atoms with Gasteiger partial charge in [-0.25, -0.2) is 0 Å². The lowest BCUT2D eigenvalue weighted by atomic mass is 9.89. The van der Waals surface area contributed by atoms with Gasteiger partial charge in [-0.05, 0) is 12.3 Å². The van der Waals surface area contributed by atoms with Crippen molar-refractivity contribution in [2.45, 2.75) is 40.2 Å². The lowest BCUT2D eigenvalue weighted by molar-refractivity contribution is -0.128. The number of carbonyl (C=O) groups is 1. The van der Waals surface area contributed by atoms with Crippen molar-refractivity contribution in [1.82, 2.24) is 0 Å². The van der Waals surface area contributed by atoms with Crippen LogP contribution < -0.4 is 0 Å². The quantitative estimate of drug-likeness (QED) is 0.635. The van der Waals surface area contributed by atoms with Crippen LogP contribution >= 0.6 is 0 Å². The maximum absolute atomic E-state index is 10.9. The topological polar surface area (TPSA) is 37.3 Å². The summed E-state index contributed by atoms with van der Waals surface area (Å²) in [6.07, 6.45) is -0.357. The summed E-state index contributed by atoms with van der Waals surface area (Å²) in [5.41, 5.74) is -0.00588. The second-order valence-electron chi connectivity index (χ2n) is 3.88. The van der Waals surface area contributed by atoms with Gasteiger partial charge >= 0.3 is 0 Å². The molecule has 0 aromatic rings. The zero-order valence-electron chi connectivity index (χ0n) is 7.14. The third-order valence-electron chi connectivity index (χ3n) is 1.17. The molecule has 2 nitrogen and oxygen atoms in total. The largest absolute Gasteiger partial charge is 0.386 e. The van der Waals surface area contributed by atoms with Crippen LogP contribution in [0.15, 0.2) is 0 Å². The molecule has 10 heavy (non-hydrogen) atoms. The van der Waals surface area contributed by atoms with E-state index in [2.05, 4.69) is 0 Å². The second-order valence-corrected chi connectivity index (χ2v) is 3.88. The molecule has 60 valence electrons. The van der Waals surface area contributed by atoms with Gasteiger partial charge in [0.25, 0.3) is 0 Å². The second kappa shape index (κ2) is 3.15. The van der Waals surface area contributed by atoms with E-state index in [1.54, 1.807) is 0 Å². The predicted octanol–water partition coefficient (Wildman–Crippen LogP) is 1.37. The number of aliphatic hydroxyl groups excluding tert-OH is 1. The monoisotopic (exact) mass is 144 g/mol. The molecule has 2 heteroatoms. The number of aliphatic hydroxyl groups is 1. The van der Waals surface area contributed by atoms with Gasteiger partial charge in [0.2, 0.25) is 0 Å². The highest BCUT2D eigenvalue weighted by Gasteiger charge is 2.18. The van der Waals surface area contributed by atoms with Gasteiger partial charge in [-0.3, -0.25) is 4.79 Å². The fourth-order valence-corrected chi connectivity index (χ4v) is 0.670. The molecule has 0 aromatic carbocycles. The maximum atomic E-state index is 10.9. The van der Waals surface area contributed by atoms with E-state index in [1.165, 1.54) is 6.92 Å². The minimum atomic E-state index is -0.806. The highest BCUT2D eigenvalue weighted by molar-refractivity contribution is 5.82. The Bertz CT molecular complexity index is 120. The summed E-state index contributed by atoms with van der Waals surface area (Å²) in [5.74, 6) is -0.0764. The first-order chi connectivity index (χ1) is 4.33. The van der Waals surface area contributed by atoms with Crippen LogP contribution in [-0.4, -0.2) is 17.0 Å². The number of Topliss-reactive ketones (excluding diaryl/α,β-unsaturated/α-hetero) is 1. The van der Waals surface area contributed by atoms with Crippen molar-refractivity contribution in [2.75, 3.05) is 0 Å². The van der Waals surface area contributed by atoms with Crippen LogP contribution in [-0.2, 0) is 4.79 Å². The van der Waals surface area contributed by atoms with Crippen LogP contribution in [0.1, 0.15) is 34.1 Å². The summed E-state index contributed by atoms with van der Waals surface area (Å²) in [7, 11) is 0. The van der Waals surface area contributed by atoms with Crippen LogP contribution in [0.2, 0.25) is 0 Å². The number of carbonyl (C=O) groups excluding carboxylic acids is 1. The summed E-state index contributed by atoms with van der Waals surface area (Å²) >= 11 is 0. The zero-order chi connectivity index (χ0) is 8.36. The van der Waals surface area contributed by atoms with Crippen molar-refractivity contribution in [3.8, 4) is 0 Å². The Kier molecular flexibility index (Phi) is 3.03. The average Bonchev–Trinajstić information content (AvgIpc) is 1.60. The molecule has 0 aromatic heterocycles. The van der Waals surface area contributed by atoms with Gasteiger partial charge in [-0.2, -0.15) is 0 Å². The van der Waals surface area contributed by atoms with Crippen molar-refractivity contribution in [2.24, 2.45) is 5.41 Å². The Labute approximate surface area is 62.2 Å². The Balaban J connectivity index is 3.81. The average molecular weight is 144 g/mol. The molecule has 0 fully saturated rings. The van der Waals surface area contributed by atoms with Gasteiger partial charge in [0.15, 0.2) is 5.78 Å². The minimum absolute atomic E-state index is 0.00588. The van der Waals surface area contributed by atoms with E-state index >= 15 is 0 Å². The van der Waals surface area contributed by atoms with E-state index in [4.69, 9.17) is 5.11 Å². The van der Waals surface area contributed by atoms with E-state index in [-0.39, 0.29) is 11.2 Å². The first kappa shape index (κ1) is 9.63. The Morgan fingerprint density at radius 1 is 1.50 bits per heavy atom. The van der Waals surface area contributed by atoms with Gasteiger partial charge in [0, 0.05) is 6.42 Å². The highest BCUT2D eigenvalue weighted by atomic mass is 16.3. The lowest BCUT2D eigenvalue weighted by Gasteiger charge is -2.17. The standard InChI is InChI=1S/C8H16O2/c1-6(9)7(10)5-8(2,3)4/h6,9H,5H2,1-4H3. The molecule has 0 radical (unpaired) electrons. The van der Waals surface area contributed by atoms with Crippen molar-refractivity contribution in [3.63, 3.8) is 0 Å². The van der Waals surface area contributed by atoms with Crippen LogP contribution in [0.4, 0.5) is 0 Å². The van der Waals surface area contributed by atoms with Crippen molar-refractivity contribution >= 4 is 5.78 Å². The number of hydrogen-bond donors (Lipinski definition) is 1. The molecule has 0 aliphatic rings. The van der Waals surface area contributed by atoms with E-state index in [0.717, 1.165) is 0 Å². The molecule has 0 amide bonds. The molecule has 0 aliphatic carbocycles. The summed E-state index contributed by atoms with van der Waals surface area (Å²) in [4.78, 5) is 10.9. The van der Waals surface area contributed by atoms with Gasteiger partial charge in [-0.15, -0.1) is 0 Å². The molecule has 1 N–H and O–H groups in total. The molecule has 1 unspecified atom stereocenters. The zero-order valence-corrected chi connectivity index (χ0v) is 7.14. The lowest BCUT2D eigenvalue weighted by Crippen LogP contribution is -2.22.